The number of benzene rings is 1. The summed E-state index contributed by atoms with van der Waals surface area (Å²) in [4.78, 5) is 23.3. The third kappa shape index (κ3) is 3.54. The third-order valence-electron chi connectivity index (χ3n) is 3.89. The SMILES string of the molecule is C#Cc1cccc(NC(=O)NCC2(C(=O)O)CCCC2)c1. The number of hydrogen-bond acceptors (Lipinski definition) is 2. The van der Waals surface area contributed by atoms with Gasteiger partial charge in [0.05, 0.1) is 5.41 Å². The molecule has 1 aromatic rings. The third-order valence-corrected chi connectivity index (χ3v) is 3.89. The Bertz CT molecular complexity index is 583. The van der Waals surface area contributed by atoms with Gasteiger partial charge in [0.2, 0.25) is 0 Å². The molecule has 1 fully saturated rings. The zero-order valence-corrected chi connectivity index (χ0v) is 11.7. The number of anilines is 1. The number of rotatable bonds is 4. The number of terminal acetylenes is 1. The summed E-state index contributed by atoms with van der Waals surface area (Å²) in [6, 6.07) is 6.50. The van der Waals surface area contributed by atoms with Crippen molar-refractivity contribution in [3.8, 4) is 12.3 Å². The number of amides is 2. The van der Waals surface area contributed by atoms with E-state index in [4.69, 9.17) is 6.42 Å². The van der Waals surface area contributed by atoms with Crippen LogP contribution in [0, 0.1) is 17.8 Å². The summed E-state index contributed by atoms with van der Waals surface area (Å²) in [5.74, 6) is 1.65. The Morgan fingerprint density at radius 1 is 1.33 bits per heavy atom. The molecule has 0 aromatic heterocycles. The fourth-order valence-electron chi connectivity index (χ4n) is 2.63. The molecule has 1 aliphatic carbocycles. The molecule has 0 heterocycles. The van der Waals surface area contributed by atoms with E-state index >= 15 is 0 Å². The van der Waals surface area contributed by atoms with Crippen LogP contribution >= 0.6 is 0 Å². The van der Waals surface area contributed by atoms with Crippen molar-refractivity contribution in [1.29, 1.82) is 0 Å². The molecular weight excluding hydrogens is 268 g/mol. The van der Waals surface area contributed by atoms with Gasteiger partial charge < -0.3 is 15.7 Å². The molecule has 1 aromatic carbocycles. The Balaban J connectivity index is 1.93. The number of nitrogens with one attached hydrogen (secondary N) is 2. The standard InChI is InChI=1S/C16H18N2O3/c1-2-12-6-5-7-13(10-12)18-15(21)17-11-16(14(19)20)8-3-4-9-16/h1,5-7,10H,3-4,8-9,11H2,(H,19,20)(H2,17,18,21). The number of carboxylic acids is 1. The molecule has 0 atom stereocenters. The van der Waals surface area contributed by atoms with E-state index in [0.29, 0.717) is 24.1 Å². The van der Waals surface area contributed by atoms with Crippen molar-refractivity contribution in [3.05, 3.63) is 29.8 Å². The predicted octanol–water partition coefficient (Wildman–Crippen LogP) is 2.43. The summed E-state index contributed by atoms with van der Waals surface area (Å²) in [6.45, 7) is 0.142. The molecule has 0 saturated heterocycles. The first-order chi connectivity index (χ1) is 10.1. The lowest BCUT2D eigenvalue weighted by atomic mass is 9.86. The van der Waals surface area contributed by atoms with Gasteiger partial charge in [0.15, 0.2) is 0 Å². The molecule has 1 saturated carbocycles. The maximum absolute atomic E-state index is 11.9. The predicted molar refractivity (Wildman–Crippen MR) is 79.9 cm³/mol. The molecule has 0 spiro atoms. The summed E-state index contributed by atoms with van der Waals surface area (Å²) < 4.78 is 0. The maximum atomic E-state index is 11.9. The van der Waals surface area contributed by atoms with E-state index in [9.17, 15) is 14.7 Å². The highest BCUT2D eigenvalue weighted by molar-refractivity contribution is 5.90. The number of carbonyl (C=O) groups excluding carboxylic acids is 1. The van der Waals surface area contributed by atoms with E-state index in [1.807, 2.05) is 0 Å². The molecule has 5 nitrogen and oxygen atoms in total. The molecule has 110 valence electrons. The van der Waals surface area contributed by atoms with Crippen LogP contribution in [0.4, 0.5) is 10.5 Å². The van der Waals surface area contributed by atoms with Crippen molar-refractivity contribution in [2.45, 2.75) is 25.7 Å². The molecule has 0 radical (unpaired) electrons. The summed E-state index contributed by atoms with van der Waals surface area (Å²) in [6.07, 6.45) is 8.29. The second-order valence-electron chi connectivity index (χ2n) is 5.33. The van der Waals surface area contributed by atoms with E-state index in [1.54, 1.807) is 24.3 Å². The molecule has 2 amide bonds. The number of carboxylic acid groups (broad SMARTS) is 1. The summed E-state index contributed by atoms with van der Waals surface area (Å²) in [7, 11) is 0. The van der Waals surface area contributed by atoms with E-state index in [1.165, 1.54) is 0 Å². The fraction of sp³-hybridized carbons (Fsp3) is 0.375. The van der Waals surface area contributed by atoms with Crippen LogP contribution in [0.1, 0.15) is 31.2 Å². The molecule has 0 bridgehead atoms. The van der Waals surface area contributed by atoms with Crippen molar-refractivity contribution in [3.63, 3.8) is 0 Å². The Labute approximate surface area is 123 Å². The molecule has 5 heteroatoms. The normalized spacial score (nSPS) is 16.0. The Morgan fingerprint density at radius 2 is 2.05 bits per heavy atom. The van der Waals surface area contributed by atoms with Crippen LogP contribution in [0.2, 0.25) is 0 Å². The van der Waals surface area contributed by atoms with E-state index < -0.39 is 17.4 Å². The van der Waals surface area contributed by atoms with Gasteiger partial charge in [-0.25, -0.2) is 4.79 Å². The first kappa shape index (κ1) is 14.9. The van der Waals surface area contributed by atoms with Crippen LogP contribution in [0.5, 0.6) is 0 Å². The van der Waals surface area contributed by atoms with Crippen molar-refractivity contribution in [2.24, 2.45) is 5.41 Å². The van der Waals surface area contributed by atoms with Crippen LogP contribution in [-0.4, -0.2) is 23.7 Å². The minimum Gasteiger partial charge on any atom is -0.481 e. The average molecular weight is 286 g/mol. The fourth-order valence-corrected chi connectivity index (χ4v) is 2.63. The first-order valence-corrected chi connectivity index (χ1v) is 6.91. The Hall–Kier alpha value is -2.48. The lowest BCUT2D eigenvalue weighted by Gasteiger charge is -2.24. The summed E-state index contributed by atoms with van der Waals surface area (Å²) >= 11 is 0. The van der Waals surface area contributed by atoms with Gasteiger partial charge in [-0.2, -0.15) is 0 Å². The second kappa shape index (κ2) is 6.31. The van der Waals surface area contributed by atoms with Gasteiger partial charge in [0, 0.05) is 17.8 Å². The van der Waals surface area contributed by atoms with Crippen molar-refractivity contribution < 1.29 is 14.7 Å². The largest absolute Gasteiger partial charge is 0.481 e. The van der Waals surface area contributed by atoms with E-state index in [0.717, 1.165) is 12.8 Å². The highest BCUT2D eigenvalue weighted by Crippen LogP contribution is 2.37. The highest BCUT2D eigenvalue weighted by Gasteiger charge is 2.41. The molecule has 3 N–H and O–H groups in total. The number of hydrogen-bond donors (Lipinski definition) is 3. The lowest BCUT2D eigenvalue weighted by Crippen LogP contribution is -2.42. The zero-order valence-electron chi connectivity index (χ0n) is 11.7. The van der Waals surface area contributed by atoms with Crippen LogP contribution in [0.15, 0.2) is 24.3 Å². The maximum Gasteiger partial charge on any atom is 0.319 e. The van der Waals surface area contributed by atoms with Crippen molar-refractivity contribution in [1.82, 2.24) is 5.32 Å². The van der Waals surface area contributed by atoms with E-state index in [-0.39, 0.29) is 6.54 Å². The smallest absolute Gasteiger partial charge is 0.319 e. The minimum atomic E-state index is -0.838. The Kier molecular flexibility index (Phi) is 4.49. The van der Waals surface area contributed by atoms with Gasteiger partial charge in [-0.15, -0.1) is 6.42 Å². The zero-order chi connectivity index (χ0) is 15.3. The van der Waals surface area contributed by atoms with Gasteiger partial charge in [0.25, 0.3) is 0 Å². The summed E-state index contributed by atoms with van der Waals surface area (Å²) in [5, 5.41) is 14.6. The monoisotopic (exact) mass is 286 g/mol. The summed E-state index contributed by atoms with van der Waals surface area (Å²) in [5.41, 5.74) is 0.433. The number of urea groups is 1. The van der Waals surface area contributed by atoms with E-state index in [2.05, 4.69) is 16.6 Å². The van der Waals surface area contributed by atoms with Gasteiger partial charge in [-0.05, 0) is 31.0 Å². The van der Waals surface area contributed by atoms with Crippen LogP contribution < -0.4 is 10.6 Å². The molecule has 0 aliphatic heterocycles. The first-order valence-electron chi connectivity index (χ1n) is 6.91. The molecule has 0 unspecified atom stereocenters. The molecular formula is C16H18N2O3. The number of carbonyl (C=O) groups is 2. The molecule has 21 heavy (non-hydrogen) atoms. The average Bonchev–Trinajstić information content (AvgIpc) is 2.95. The Morgan fingerprint density at radius 3 is 2.67 bits per heavy atom. The highest BCUT2D eigenvalue weighted by atomic mass is 16.4. The topological polar surface area (TPSA) is 78.4 Å². The van der Waals surface area contributed by atoms with Crippen LogP contribution in [0.25, 0.3) is 0 Å². The van der Waals surface area contributed by atoms with Crippen LogP contribution in [-0.2, 0) is 4.79 Å². The van der Waals surface area contributed by atoms with Crippen molar-refractivity contribution >= 4 is 17.7 Å². The number of aliphatic carboxylic acids is 1. The molecule has 1 aliphatic rings. The minimum absolute atomic E-state index is 0.142. The van der Waals surface area contributed by atoms with Gasteiger partial charge in [-0.1, -0.05) is 24.8 Å². The van der Waals surface area contributed by atoms with Crippen LogP contribution in [0.3, 0.4) is 0 Å². The van der Waals surface area contributed by atoms with Crippen molar-refractivity contribution in [2.75, 3.05) is 11.9 Å². The van der Waals surface area contributed by atoms with Gasteiger partial charge in [-0.3, -0.25) is 4.79 Å². The van der Waals surface area contributed by atoms with Gasteiger partial charge in [0.1, 0.15) is 0 Å². The lowest BCUT2D eigenvalue weighted by molar-refractivity contribution is -0.148. The second-order valence-corrected chi connectivity index (χ2v) is 5.33. The quantitative estimate of drug-likeness (QED) is 0.744. The molecule has 2 rings (SSSR count). The van der Waals surface area contributed by atoms with Gasteiger partial charge >= 0.3 is 12.0 Å².